The highest BCUT2D eigenvalue weighted by atomic mass is 35.5. The second-order valence-electron chi connectivity index (χ2n) is 9.04. The average molecular weight is 547 g/mol. The van der Waals surface area contributed by atoms with Crippen LogP contribution in [0.2, 0.25) is 5.02 Å². The zero-order valence-corrected chi connectivity index (χ0v) is 20.7. The minimum Gasteiger partial charge on any atom is -0.487 e. The van der Waals surface area contributed by atoms with E-state index in [9.17, 15) is 22.8 Å². The van der Waals surface area contributed by atoms with E-state index in [2.05, 4.69) is 27.5 Å². The second kappa shape index (κ2) is 9.71. The van der Waals surface area contributed by atoms with E-state index in [1.807, 2.05) is 0 Å². The molecule has 3 N–H and O–H groups in total. The normalized spacial score (nSPS) is 23.2. The molecule has 2 fully saturated rings. The molecule has 8 nitrogen and oxygen atoms in total. The molecular formula is C26H22ClF3N4O4. The minimum atomic E-state index is -4.64. The number of anilines is 2. The van der Waals surface area contributed by atoms with E-state index in [4.69, 9.17) is 21.1 Å². The van der Waals surface area contributed by atoms with Crippen LogP contribution in [0.15, 0.2) is 66.3 Å². The van der Waals surface area contributed by atoms with Crippen LogP contribution >= 0.6 is 11.6 Å². The van der Waals surface area contributed by atoms with Crippen molar-refractivity contribution in [2.75, 3.05) is 10.6 Å². The Bertz CT molecular complexity index is 1410. The summed E-state index contributed by atoms with van der Waals surface area (Å²) < 4.78 is 51.0. The highest BCUT2D eigenvalue weighted by Gasteiger charge is 2.60. The first-order valence-electron chi connectivity index (χ1n) is 11.7. The van der Waals surface area contributed by atoms with E-state index >= 15 is 0 Å². The Balaban J connectivity index is 1.16. The molecular weight excluding hydrogens is 525 g/mol. The van der Waals surface area contributed by atoms with Crippen LogP contribution in [0.1, 0.15) is 24.5 Å². The number of hydrogen-bond donors (Lipinski definition) is 3. The van der Waals surface area contributed by atoms with Crippen molar-refractivity contribution < 1.29 is 32.2 Å². The maximum atomic E-state index is 13.1. The third-order valence-corrected chi connectivity index (χ3v) is 6.71. The highest BCUT2D eigenvalue weighted by Crippen LogP contribution is 2.51. The monoisotopic (exact) mass is 546 g/mol. The third-order valence-electron chi connectivity index (χ3n) is 6.38. The number of carbonyl (C=O) groups excluding carboxylic acids is 2. The smallest absolute Gasteiger partial charge is 0.417 e. The van der Waals surface area contributed by atoms with Gasteiger partial charge in [0.15, 0.2) is 0 Å². The molecule has 3 amide bonds. The molecule has 0 radical (unpaired) electrons. The number of ether oxygens (including phenoxy) is 2. The van der Waals surface area contributed by atoms with Crippen molar-refractivity contribution in [2.45, 2.75) is 38.1 Å². The van der Waals surface area contributed by atoms with Gasteiger partial charge in [-0.3, -0.25) is 4.79 Å². The van der Waals surface area contributed by atoms with Gasteiger partial charge in [-0.1, -0.05) is 18.2 Å². The van der Waals surface area contributed by atoms with E-state index in [1.165, 1.54) is 6.07 Å². The van der Waals surface area contributed by atoms with Gasteiger partial charge in [0.1, 0.15) is 29.2 Å². The molecule has 1 saturated carbocycles. The summed E-state index contributed by atoms with van der Waals surface area (Å²) in [5.41, 5.74) is 0.452. The second-order valence-corrected chi connectivity index (χ2v) is 9.45. The van der Waals surface area contributed by atoms with E-state index in [-0.39, 0.29) is 29.7 Å². The predicted octanol–water partition coefficient (Wildman–Crippen LogP) is 5.58. The number of hydrogen-bond acceptors (Lipinski definition) is 5. The molecule has 1 aliphatic carbocycles. The molecule has 38 heavy (non-hydrogen) atoms. The lowest BCUT2D eigenvalue weighted by atomic mass is 10.1. The number of aromatic nitrogens is 1. The summed E-state index contributed by atoms with van der Waals surface area (Å²) in [5, 5.41) is 7.38. The summed E-state index contributed by atoms with van der Waals surface area (Å²) in [7, 11) is 0. The average Bonchev–Trinajstić information content (AvgIpc) is 3.40. The van der Waals surface area contributed by atoms with Crippen molar-refractivity contribution in [2.24, 2.45) is 5.92 Å². The summed E-state index contributed by atoms with van der Waals surface area (Å²) in [6.07, 6.45) is 0.953. The van der Waals surface area contributed by atoms with Crippen LogP contribution in [0.4, 0.5) is 29.5 Å². The number of urea groups is 1. The molecule has 0 spiro atoms. The zero-order valence-electron chi connectivity index (χ0n) is 20.0. The van der Waals surface area contributed by atoms with Gasteiger partial charge < -0.3 is 25.4 Å². The van der Waals surface area contributed by atoms with Gasteiger partial charge in [-0.25, -0.2) is 9.78 Å². The van der Waals surface area contributed by atoms with E-state index in [0.29, 0.717) is 41.5 Å². The Labute approximate surface area is 220 Å². The number of alkyl halides is 3. The van der Waals surface area contributed by atoms with Crippen LogP contribution in [-0.4, -0.2) is 29.1 Å². The van der Waals surface area contributed by atoms with Crippen LogP contribution in [0.5, 0.6) is 5.75 Å². The number of benzene rings is 1. The first-order chi connectivity index (χ1) is 18.0. The Morgan fingerprint density at radius 3 is 2.82 bits per heavy atom. The van der Waals surface area contributed by atoms with E-state index in [1.54, 1.807) is 31.3 Å². The third kappa shape index (κ3) is 5.19. The quantitative estimate of drug-likeness (QED) is 0.425. The van der Waals surface area contributed by atoms with Crippen LogP contribution in [0.3, 0.4) is 0 Å². The molecule has 3 aliphatic rings. The number of amides is 3. The van der Waals surface area contributed by atoms with Crippen LogP contribution in [-0.2, 0) is 22.1 Å². The van der Waals surface area contributed by atoms with Gasteiger partial charge in [0.2, 0.25) is 5.91 Å². The fourth-order valence-corrected chi connectivity index (χ4v) is 4.67. The van der Waals surface area contributed by atoms with Crippen molar-refractivity contribution >= 4 is 35.0 Å². The molecule has 2 aliphatic heterocycles. The summed E-state index contributed by atoms with van der Waals surface area (Å²) in [6, 6.07) is 3.86. The number of halogens is 4. The summed E-state index contributed by atoms with van der Waals surface area (Å²) in [4.78, 5) is 28.1. The number of fused-ring (bicyclic) bond motifs is 2. The molecule has 0 unspecified atom stereocenters. The summed E-state index contributed by atoms with van der Waals surface area (Å²) in [6.45, 7) is 5.83. The molecule has 1 aromatic heterocycles. The van der Waals surface area contributed by atoms with Crippen LogP contribution < -0.4 is 20.7 Å². The molecule has 198 valence electrons. The molecule has 3 atom stereocenters. The predicted molar refractivity (Wildman–Crippen MR) is 134 cm³/mol. The molecule has 12 heteroatoms. The van der Waals surface area contributed by atoms with Gasteiger partial charge in [-0.05, 0) is 55.3 Å². The molecule has 5 rings (SSSR count). The number of allylic oxidation sites excluding steroid dienone is 4. The van der Waals surface area contributed by atoms with Crippen molar-refractivity contribution in [1.82, 2.24) is 10.3 Å². The zero-order chi connectivity index (χ0) is 27.2. The van der Waals surface area contributed by atoms with Crippen molar-refractivity contribution in [3.63, 3.8) is 0 Å². The van der Waals surface area contributed by atoms with Gasteiger partial charge >= 0.3 is 12.2 Å². The number of pyridine rings is 1. The van der Waals surface area contributed by atoms with Gasteiger partial charge in [0, 0.05) is 23.9 Å². The highest BCUT2D eigenvalue weighted by molar-refractivity contribution is 6.31. The first-order valence-corrected chi connectivity index (χ1v) is 12.0. The van der Waals surface area contributed by atoms with Crippen LogP contribution in [0.25, 0.3) is 0 Å². The Morgan fingerprint density at radius 2 is 2.11 bits per heavy atom. The molecule has 1 aromatic carbocycles. The van der Waals surface area contributed by atoms with Crippen LogP contribution in [0, 0.1) is 5.92 Å². The number of rotatable bonds is 5. The fraction of sp³-hybridized carbons (Fsp3) is 0.269. The van der Waals surface area contributed by atoms with Crippen molar-refractivity contribution in [3.05, 3.63) is 82.4 Å². The Hall–Kier alpha value is -3.99. The van der Waals surface area contributed by atoms with Gasteiger partial charge in [-0.2, -0.15) is 13.2 Å². The lowest BCUT2D eigenvalue weighted by molar-refractivity contribution is -0.137. The largest absolute Gasteiger partial charge is 0.487 e. The lowest BCUT2D eigenvalue weighted by Crippen LogP contribution is -2.34. The lowest BCUT2D eigenvalue weighted by Gasteiger charge is -2.18. The fourth-order valence-electron chi connectivity index (χ4n) is 4.44. The number of carbonyl (C=O) groups is 2. The van der Waals surface area contributed by atoms with Crippen molar-refractivity contribution in [1.29, 1.82) is 0 Å². The maximum absolute atomic E-state index is 13.1. The van der Waals surface area contributed by atoms with E-state index < -0.39 is 22.8 Å². The van der Waals surface area contributed by atoms with Crippen molar-refractivity contribution in [3.8, 4) is 5.75 Å². The summed E-state index contributed by atoms with van der Waals surface area (Å²) >= 11 is 5.62. The molecule has 2 aromatic rings. The first kappa shape index (κ1) is 25.7. The molecule has 0 bridgehead atoms. The topological polar surface area (TPSA) is 102 Å². The Morgan fingerprint density at radius 1 is 1.32 bits per heavy atom. The number of nitrogens with one attached hydrogen (secondary N) is 3. The summed E-state index contributed by atoms with van der Waals surface area (Å²) in [5.74, 6) is 2.01. The van der Waals surface area contributed by atoms with E-state index in [0.717, 1.165) is 17.7 Å². The Kier molecular flexibility index (Phi) is 6.56. The van der Waals surface area contributed by atoms with Gasteiger partial charge in [-0.15, -0.1) is 0 Å². The standard InChI is InChI=1S/C26H22ClF3N4O4/c1-12(37-19-9-10-31-24-15(19)5-8-20(35)33-24)3-7-18-13(2)21-22(23(21)38-18)34-25(36)32-14-4-6-17(27)16(11-14)26(28,29)30/h3-4,6-7,9-11,21-23H,2,5,8H2,1H3,(H,31,33,35)(H2,32,34,36)/b12-3+,18-7+/t21-,22-,23-/m0/s1. The minimum absolute atomic E-state index is 0.0381. The SMILES string of the molecule is C=C1/C(=C\C=C(/C)Oc2ccnc3c2CCC(=O)N3)O[C@@H]2[C@@H](NC(=O)Nc3ccc(Cl)c(C(F)(F)F)c3)[C@H]12. The number of nitrogens with zero attached hydrogens (tertiary/aromatic N) is 1. The van der Waals surface area contributed by atoms with Gasteiger partial charge in [0.05, 0.1) is 22.5 Å². The maximum Gasteiger partial charge on any atom is 0.417 e. The molecule has 3 heterocycles. The molecule has 1 saturated heterocycles. The van der Waals surface area contributed by atoms with Gasteiger partial charge in [0.25, 0.3) is 0 Å².